The zero-order valence-electron chi connectivity index (χ0n) is 9.38. The van der Waals surface area contributed by atoms with Crippen LogP contribution in [0.4, 0.5) is 8.78 Å². The number of Topliss-reactive ketones (excluding diaryl/α,β-unsaturated/α-hetero) is 1. The molecule has 0 bridgehead atoms. The Labute approximate surface area is 97.1 Å². The second kappa shape index (κ2) is 4.16. The van der Waals surface area contributed by atoms with Gasteiger partial charge < -0.3 is 10.1 Å². The number of rotatable bonds is 2. The zero-order valence-corrected chi connectivity index (χ0v) is 9.38. The molecular formula is C12H11F2NO2. The normalized spacial score (nSPS) is 19.5. The van der Waals surface area contributed by atoms with Gasteiger partial charge in [-0.25, -0.2) is 8.78 Å². The number of carbonyl (C=O) groups is 1. The van der Waals surface area contributed by atoms with Gasteiger partial charge in [0.25, 0.3) is 0 Å². The van der Waals surface area contributed by atoms with Crippen molar-refractivity contribution in [1.82, 2.24) is 5.32 Å². The molecule has 17 heavy (non-hydrogen) atoms. The first kappa shape index (κ1) is 11.6. The summed E-state index contributed by atoms with van der Waals surface area (Å²) in [6.07, 6.45) is -0.640. The van der Waals surface area contributed by atoms with E-state index in [2.05, 4.69) is 5.32 Å². The Bertz CT molecular complexity index is 491. The van der Waals surface area contributed by atoms with Gasteiger partial charge in [-0.2, -0.15) is 0 Å². The lowest BCUT2D eigenvalue weighted by Crippen LogP contribution is -2.13. The van der Waals surface area contributed by atoms with Gasteiger partial charge in [-0.05, 0) is 24.6 Å². The molecule has 1 aliphatic rings. The van der Waals surface area contributed by atoms with Gasteiger partial charge in [0.1, 0.15) is 11.6 Å². The lowest BCUT2D eigenvalue weighted by molar-refractivity contribution is -0.119. The summed E-state index contributed by atoms with van der Waals surface area (Å²) < 4.78 is 31.4. The molecule has 0 aliphatic carbocycles. The number of hydrogen-bond acceptors (Lipinski definition) is 3. The average molecular weight is 239 g/mol. The maximum atomic E-state index is 13.1. The maximum Gasteiger partial charge on any atom is 0.209 e. The third-order valence-corrected chi connectivity index (χ3v) is 2.52. The Balaban J connectivity index is 2.54. The average Bonchev–Trinajstić information content (AvgIpc) is 2.53. The van der Waals surface area contributed by atoms with E-state index in [9.17, 15) is 13.6 Å². The number of hydrogen-bond donors (Lipinski definition) is 1. The third-order valence-electron chi connectivity index (χ3n) is 2.52. The van der Waals surface area contributed by atoms with Crippen LogP contribution in [0.3, 0.4) is 0 Å². The van der Waals surface area contributed by atoms with Crippen molar-refractivity contribution in [3.8, 4) is 0 Å². The molecule has 1 heterocycles. The number of benzene rings is 1. The van der Waals surface area contributed by atoms with E-state index in [0.717, 1.165) is 18.2 Å². The van der Waals surface area contributed by atoms with Gasteiger partial charge in [0.05, 0.1) is 5.57 Å². The molecule has 1 N–H and O–H groups in total. The van der Waals surface area contributed by atoms with E-state index in [1.807, 2.05) is 0 Å². The van der Waals surface area contributed by atoms with Crippen molar-refractivity contribution in [3.63, 3.8) is 0 Å². The number of halogens is 2. The molecule has 0 aromatic heterocycles. The van der Waals surface area contributed by atoms with Gasteiger partial charge in [0.2, 0.25) is 5.78 Å². The van der Waals surface area contributed by atoms with E-state index in [1.165, 1.54) is 0 Å². The molecule has 0 spiro atoms. The Kier molecular flexibility index (Phi) is 2.83. The molecule has 1 aromatic rings. The topological polar surface area (TPSA) is 38.3 Å². The van der Waals surface area contributed by atoms with Crippen LogP contribution in [0.1, 0.15) is 12.5 Å². The second-order valence-corrected chi connectivity index (χ2v) is 3.74. The van der Waals surface area contributed by atoms with Crippen LogP contribution in [0, 0.1) is 11.6 Å². The molecule has 2 rings (SSSR count). The lowest BCUT2D eigenvalue weighted by atomic mass is 10.0. The fourth-order valence-corrected chi connectivity index (χ4v) is 1.76. The summed E-state index contributed by atoms with van der Waals surface area (Å²) in [4.78, 5) is 11.8. The smallest absolute Gasteiger partial charge is 0.209 e. The van der Waals surface area contributed by atoms with E-state index in [0.29, 0.717) is 0 Å². The summed E-state index contributed by atoms with van der Waals surface area (Å²) in [5, 5.41) is 2.70. The molecule has 5 heteroatoms. The van der Waals surface area contributed by atoms with Crippen molar-refractivity contribution in [2.75, 3.05) is 7.05 Å². The second-order valence-electron chi connectivity index (χ2n) is 3.74. The maximum absolute atomic E-state index is 13.1. The minimum absolute atomic E-state index is 0.179. The fraction of sp³-hybridized carbons (Fsp3) is 0.250. The van der Waals surface area contributed by atoms with E-state index in [4.69, 9.17) is 4.74 Å². The highest BCUT2D eigenvalue weighted by atomic mass is 19.1. The standard InChI is InChI=1S/C12H11F2NO2/c1-6-11(16)10(12(15-2)17-6)7-3-8(13)5-9(14)4-7/h3-6,15H,1-2H3. The van der Waals surface area contributed by atoms with Crippen LogP contribution in [-0.2, 0) is 9.53 Å². The minimum Gasteiger partial charge on any atom is -0.467 e. The Hall–Kier alpha value is -1.91. The first-order valence-corrected chi connectivity index (χ1v) is 5.12. The highest BCUT2D eigenvalue weighted by Gasteiger charge is 2.32. The van der Waals surface area contributed by atoms with Gasteiger partial charge in [0.15, 0.2) is 12.0 Å². The SMILES string of the molecule is CNC1=C(c2cc(F)cc(F)c2)C(=O)C(C)O1. The van der Waals surface area contributed by atoms with Gasteiger partial charge in [-0.1, -0.05) is 0 Å². The molecular weight excluding hydrogens is 228 g/mol. The summed E-state index contributed by atoms with van der Waals surface area (Å²) in [5.74, 6) is -1.50. The van der Waals surface area contributed by atoms with Crippen LogP contribution < -0.4 is 5.32 Å². The van der Waals surface area contributed by atoms with Crippen LogP contribution in [0.25, 0.3) is 5.57 Å². The summed E-state index contributed by atoms with van der Waals surface area (Å²) >= 11 is 0. The molecule has 1 aromatic carbocycles. The molecule has 0 saturated heterocycles. The minimum atomic E-state index is -0.727. The summed E-state index contributed by atoms with van der Waals surface area (Å²) in [7, 11) is 1.58. The van der Waals surface area contributed by atoms with E-state index >= 15 is 0 Å². The first-order chi connectivity index (χ1) is 8.02. The van der Waals surface area contributed by atoms with Crippen LogP contribution >= 0.6 is 0 Å². The van der Waals surface area contributed by atoms with Crippen molar-refractivity contribution in [2.45, 2.75) is 13.0 Å². The van der Waals surface area contributed by atoms with Gasteiger partial charge >= 0.3 is 0 Å². The van der Waals surface area contributed by atoms with Crippen LogP contribution in [-0.4, -0.2) is 18.9 Å². The first-order valence-electron chi connectivity index (χ1n) is 5.12. The number of nitrogens with one attached hydrogen (secondary N) is 1. The van der Waals surface area contributed by atoms with Crippen molar-refractivity contribution < 1.29 is 18.3 Å². The Morgan fingerprint density at radius 3 is 2.35 bits per heavy atom. The van der Waals surface area contributed by atoms with Crippen LogP contribution in [0.15, 0.2) is 24.1 Å². The molecule has 0 saturated carbocycles. The predicted octanol–water partition coefficient (Wildman–Crippen LogP) is 1.84. The van der Waals surface area contributed by atoms with Crippen LogP contribution in [0.2, 0.25) is 0 Å². The van der Waals surface area contributed by atoms with Crippen molar-refractivity contribution >= 4 is 11.4 Å². The summed E-state index contributed by atoms with van der Waals surface area (Å²) in [5.41, 5.74) is 0.361. The molecule has 90 valence electrons. The van der Waals surface area contributed by atoms with Gasteiger partial charge in [-0.15, -0.1) is 0 Å². The van der Waals surface area contributed by atoms with E-state index in [1.54, 1.807) is 14.0 Å². The molecule has 3 nitrogen and oxygen atoms in total. The quantitative estimate of drug-likeness (QED) is 0.855. The number of ether oxygens (including phenoxy) is 1. The van der Waals surface area contributed by atoms with Gasteiger partial charge in [-0.3, -0.25) is 4.79 Å². The summed E-state index contributed by atoms with van der Waals surface area (Å²) in [6, 6.07) is 2.97. The molecule has 1 unspecified atom stereocenters. The Morgan fingerprint density at radius 2 is 1.82 bits per heavy atom. The lowest BCUT2D eigenvalue weighted by Gasteiger charge is -2.05. The Morgan fingerprint density at radius 1 is 1.24 bits per heavy atom. The van der Waals surface area contributed by atoms with Crippen molar-refractivity contribution in [1.29, 1.82) is 0 Å². The molecule has 0 fully saturated rings. The van der Waals surface area contributed by atoms with E-state index < -0.39 is 17.7 Å². The van der Waals surface area contributed by atoms with Crippen molar-refractivity contribution in [3.05, 3.63) is 41.3 Å². The molecule has 1 aliphatic heterocycles. The molecule has 0 radical (unpaired) electrons. The highest BCUT2D eigenvalue weighted by Crippen LogP contribution is 2.29. The third kappa shape index (κ3) is 2.00. The zero-order chi connectivity index (χ0) is 12.6. The highest BCUT2D eigenvalue weighted by molar-refractivity contribution is 6.24. The number of ketones is 1. The monoisotopic (exact) mass is 239 g/mol. The van der Waals surface area contributed by atoms with E-state index in [-0.39, 0.29) is 22.8 Å². The summed E-state index contributed by atoms with van der Waals surface area (Å²) in [6.45, 7) is 1.59. The largest absolute Gasteiger partial charge is 0.467 e. The van der Waals surface area contributed by atoms with Gasteiger partial charge in [0, 0.05) is 13.1 Å². The van der Waals surface area contributed by atoms with Crippen LogP contribution in [0.5, 0.6) is 0 Å². The fourth-order valence-electron chi connectivity index (χ4n) is 1.76. The number of carbonyl (C=O) groups excluding carboxylic acids is 1. The molecule has 0 amide bonds. The molecule has 1 atom stereocenters. The van der Waals surface area contributed by atoms with Crippen molar-refractivity contribution in [2.24, 2.45) is 0 Å². The predicted molar refractivity (Wildman–Crippen MR) is 57.9 cm³/mol.